The van der Waals surface area contributed by atoms with Crippen LogP contribution in [-0.4, -0.2) is 40.6 Å². The van der Waals surface area contributed by atoms with Crippen LogP contribution in [0.5, 0.6) is 0 Å². The SMILES string of the molecule is CCCCCCCCCOC(=O)CCCCCCCNCCO[Si](C)(C)C(C)(C)C. The highest BCUT2D eigenvalue weighted by Crippen LogP contribution is 2.36. The van der Waals surface area contributed by atoms with Crippen molar-refractivity contribution >= 4 is 14.3 Å². The summed E-state index contributed by atoms with van der Waals surface area (Å²) in [5, 5.41) is 3.77. The molecule has 1 N–H and O–H groups in total. The fourth-order valence-corrected chi connectivity index (χ4v) is 4.13. The first-order valence-corrected chi connectivity index (χ1v) is 15.6. The van der Waals surface area contributed by atoms with Gasteiger partial charge in [-0.2, -0.15) is 0 Å². The van der Waals surface area contributed by atoms with Crippen LogP contribution in [0.1, 0.15) is 111 Å². The van der Waals surface area contributed by atoms with Crippen LogP contribution in [0.15, 0.2) is 0 Å². The van der Waals surface area contributed by atoms with Crippen molar-refractivity contribution < 1.29 is 14.0 Å². The van der Waals surface area contributed by atoms with Gasteiger partial charge in [0.15, 0.2) is 8.32 Å². The zero-order valence-electron chi connectivity index (χ0n) is 21.2. The van der Waals surface area contributed by atoms with E-state index >= 15 is 0 Å². The zero-order valence-corrected chi connectivity index (χ0v) is 22.2. The number of carbonyl (C=O) groups is 1. The molecule has 0 aromatic heterocycles. The molecule has 0 heterocycles. The molecule has 4 nitrogen and oxygen atoms in total. The lowest BCUT2D eigenvalue weighted by Crippen LogP contribution is -2.42. The quantitative estimate of drug-likeness (QED) is 0.122. The van der Waals surface area contributed by atoms with E-state index in [2.05, 4.69) is 46.1 Å². The molecule has 0 aromatic carbocycles. The Morgan fingerprint density at radius 2 is 1.33 bits per heavy atom. The predicted octanol–water partition coefficient (Wildman–Crippen LogP) is 7.23. The molecule has 0 amide bonds. The van der Waals surface area contributed by atoms with Crippen LogP contribution in [0.4, 0.5) is 0 Å². The van der Waals surface area contributed by atoms with Crippen molar-refractivity contribution in [1.29, 1.82) is 0 Å². The van der Waals surface area contributed by atoms with E-state index in [1.165, 1.54) is 57.8 Å². The molecule has 0 radical (unpaired) electrons. The lowest BCUT2D eigenvalue weighted by molar-refractivity contribution is -0.143. The second-order valence-electron chi connectivity index (χ2n) is 10.2. The Hall–Kier alpha value is -0.393. The van der Waals surface area contributed by atoms with E-state index in [0.717, 1.165) is 39.0 Å². The number of carbonyl (C=O) groups excluding carboxylic acids is 1. The Morgan fingerprint density at radius 3 is 1.97 bits per heavy atom. The van der Waals surface area contributed by atoms with Gasteiger partial charge in [-0.1, -0.05) is 85.5 Å². The van der Waals surface area contributed by atoms with Gasteiger partial charge < -0.3 is 14.5 Å². The molecule has 0 aliphatic rings. The van der Waals surface area contributed by atoms with Gasteiger partial charge in [0.05, 0.1) is 6.61 Å². The molecule has 0 saturated heterocycles. The maximum atomic E-state index is 11.7. The van der Waals surface area contributed by atoms with Crippen molar-refractivity contribution in [2.24, 2.45) is 0 Å². The van der Waals surface area contributed by atoms with Crippen LogP contribution in [-0.2, 0) is 14.0 Å². The number of nitrogens with one attached hydrogen (secondary N) is 1. The van der Waals surface area contributed by atoms with Crippen molar-refractivity contribution in [1.82, 2.24) is 5.32 Å². The van der Waals surface area contributed by atoms with Gasteiger partial charge >= 0.3 is 5.97 Å². The summed E-state index contributed by atoms with van der Waals surface area (Å²) >= 11 is 0. The minimum Gasteiger partial charge on any atom is -0.466 e. The summed E-state index contributed by atoms with van der Waals surface area (Å²) < 4.78 is 11.5. The number of esters is 1. The maximum absolute atomic E-state index is 11.7. The Bertz CT molecular complexity index is 408. The molecular weight excluding hydrogens is 390 g/mol. The molecule has 0 aliphatic heterocycles. The van der Waals surface area contributed by atoms with Gasteiger partial charge in [0.1, 0.15) is 0 Å². The number of rotatable bonds is 20. The van der Waals surface area contributed by atoms with Gasteiger partial charge in [0, 0.05) is 19.6 Å². The Labute approximate surface area is 189 Å². The summed E-state index contributed by atoms with van der Waals surface area (Å²) in [4.78, 5) is 11.7. The molecule has 0 aliphatic carbocycles. The van der Waals surface area contributed by atoms with Gasteiger partial charge in [0.2, 0.25) is 0 Å². The molecule has 0 rings (SSSR count). The van der Waals surface area contributed by atoms with Crippen LogP contribution >= 0.6 is 0 Å². The Morgan fingerprint density at radius 1 is 0.767 bits per heavy atom. The minimum atomic E-state index is -1.60. The van der Waals surface area contributed by atoms with Crippen molar-refractivity contribution in [2.75, 3.05) is 26.3 Å². The summed E-state index contributed by atoms with van der Waals surface area (Å²) in [6, 6.07) is 0. The number of hydrogen-bond donors (Lipinski definition) is 1. The third kappa shape index (κ3) is 17.3. The normalized spacial score (nSPS) is 12.3. The zero-order chi connectivity index (χ0) is 22.7. The molecule has 0 bridgehead atoms. The number of hydrogen-bond acceptors (Lipinski definition) is 4. The van der Waals surface area contributed by atoms with Crippen molar-refractivity contribution in [3.63, 3.8) is 0 Å². The molecule has 0 atom stereocenters. The largest absolute Gasteiger partial charge is 0.466 e. The smallest absolute Gasteiger partial charge is 0.305 e. The van der Waals surface area contributed by atoms with E-state index < -0.39 is 8.32 Å². The van der Waals surface area contributed by atoms with E-state index in [1.54, 1.807) is 0 Å². The molecule has 0 aromatic rings. The first kappa shape index (κ1) is 29.6. The average molecular weight is 444 g/mol. The lowest BCUT2D eigenvalue weighted by Gasteiger charge is -2.36. The minimum absolute atomic E-state index is 0.00983. The van der Waals surface area contributed by atoms with Crippen LogP contribution in [0.25, 0.3) is 0 Å². The van der Waals surface area contributed by atoms with Gasteiger partial charge in [-0.15, -0.1) is 0 Å². The van der Waals surface area contributed by atoms with Crippen molar-refractivity contribution in [3.05, 3.63) is 0 Å². The number of unbranched alkanes of at least 4 members (excludes halogenated alkanes) is 10. The Kier molecular flexibility index (Phi) is 18.0. The third-order valence-corrected chi connectivity index (χ3v) is 10.8. The van der Waals surface area contributed by atoms with Gasteiger partial charge in [0.25, 0.3) is 0 Å². The van der Waals surface area contributed by atoms with E-state index in [9.17, 15) is 4.79 Å². The van der Waals surface area contributed by atoms with Gasteiger partial charge in [-0.3, -0.25) is 4.79 Å². The highest BCUT2D eigenvalue weighted by molar-refractivity contribution is 6.74. The lowest BCUT2D eigenvalue weighted by atomic mass is 10.1. The molecule has 5 heteroatoms. The standard InChI is InChI=1S/C25H53NO3Si/c1-7-8-9-10-11-15-18-22-28-24(27)19-16-13-12-14-17-20-26-21-23-29-30(5,6)25(2,3)4/h26H,7-23H2,1-6H3. The molecule has 180 valence electrons. The van der Waals surface area contributed by atoms with E-state index in [0.29, 0.717) is 13.0 Å². The van der Waals surface area contributed by atoms with Crippen molar-refractivity contribution in [3.8, 4) is 0 Å². The fraction of sp³-hybridized carbons (Fsp3) is 0.960. The molecule has 0 unspecified atom stereocenters. The van der Waals surface area contributed by atoms with E-state index in [-0.39, 0.29) is 11.0 Å². The molecule has 0 fully saturated rings. The first-order chi connectivity index (χ1) is 14.2. The molecule has 30 heavy (non-hydrogen) atoms. The van der Waals surface area contributed by atoms with Gasteiger partial charge in [-0.25, -0.2) is 0 Å². The molecule has 0 saturated carbocycles. The second kappa shape index (κ2) is 18.2. The molecular formula is C25H53NO3Si. The maximum Gasteiger partial charge on any atom is 0.305 e. The van der Waals surface area contributed by atoms with Crippen molar-refractivity contribution in [2.45, 2.75) is 129 Å². The summed E-state index contributed by atoms with van der Waals surface area (Å²) in [6.45, 7) is 17.1. The number of ether oxygens (including phenoxy) is 1. The summed E-state index contributed by atoms with van der Waals surface area (Å²) in [5.74, 6) is -0.00983. The van der Waals surface area contributed by atoms with Crippen LogP contribution in [0, 0.1) is 0 Å². The third-order valence-electron chi connectivity index (χ3n) is 6.29. The summed E-state index contributed by atoms with van der Waals surface area (Å²) in [7, 11) is -1.60. The highest BCUT2D eigenvalue weighted by atomic mass is 28.4. The average Bonchev–Trinajstić information content (AvgIpc) is 2.67. The fourth-order valence-electron chi connectivity index (χ4n) is 3.09. The van der Waals surface area contributed by atoms with Crippen LogP contribution < -0.4 is 5.32 Å². The van der Waals surface area contributed by atoms with Crippen LogP contribution in [0.2, 0.25) is 18.1 Å². The van der Waals surface area contributed by atoms with E-state index in [1.807, 2.05) is 0 Å². The van der Waals surface area contributed by atoms with Gasteiger partial charge in [-0.05, 0) is 43.9 Å². The predicted molar refractivity (Wildman–Crippen MR) is 133 cm³/mol. The monoisotopic (exact) mass is 443 g/mol. The Balaban J connectivity index is 3.33. The first-order valence-electron chi connectivity index (χ1n) is 12.7. The second-order valence-corrected chi connectivity index (χ2v) is 15.0. The van der Waals surface area contributed by atoms with E-state index in [4.69, 9.17) is 9.16 Å². The summed E-state index contributed by atoms with van der Waals surface area (Å²) in [6.07, 6.45) is 15.1. The highest BCUT2D eigenvalue weighted by Gasteiger charge is 2.36. The summed E-state index contributed by atoms with van der Waals surface area (Å²) in [5.41, 5.74) is 0. The van der Waals surface area contributed by atoms with Crippen LogP contribution in [0.3, 0.4) is 0 Å². The molecule has 0 spiro atoms. The topological polar surface area (TPSA) is 47.6 Å².